The average molecular weight is 216 g/mol. The Bertz CT molecular complexity index is 182. The van der Waals surface area contributed by atoms with E-state index in [1.165, 1.54) is 0 Å². The van der Waals surface area contributed by atoms with Crippen LogP contribution >= 0.6 is 0 Å². The lowest BCUT2D eigenvalue weighted by atomic mass is 10.3. The lowest BCUT2D eigenvalue weighted by Gasteiger charge is -2.26. The summed E-state index contributed by atoms with van der Waals surface area (Å²) in [6.45, 7) is 6.43. The van der Waals surface area contributed by atoms with Gasteiger partial charge in [0.05, 0.1) is 13.2 Å². The molecule has 0 aromatic rings. The minimum absolute atomic E-state index is 0.255. The number of carboxylic acid groups (broad SMARTS) is 1. The molecule has 5 nitrogen and oxygen atoms in total. The quantitative estimate of drug-likeness (QED) is 0.576. The SMILES string of the molecule is O=C(O)CCCNCCN1CCOCC1. The van der Waals surface area contributed by atoms with E-state index in [0.29, 0.717) is 6.42 Å². The van der Waals surface area contributed by atoms with E-state index in [1.54, 1.807) is 0 Å². The predicted molar refractivity (Wildman–Crippen MR) is 57.0 cm³/mol. The molecule has 1 rings (SSSR count). The third-order valence-electron chi connectivity index (χ3n) is 2.45. The fraction of sp³-hybridized carbons (Fsp3) is 0.900. The van der Waals surface area contributed by atoms with Crippen molar-refractivity contribution < 1.29 is 14.6 Å². The topological polar surface area (TPSA) is 61.8 Å². The summed E-state index contributed by atoms with van der Waals surface area (Å²) in [6.07, 6.45) is 0.961. The van der Waals surface area contributed by atoms with Crippen LogP contribution < -0.4 is 5.32 Å². The number of ether oxygens (including phenoxy) is 1. The third-order valence-corrected chi connectivity index (χ3v) is 2.45. The van der Waals surface area contributed by atoms with Crippen LogP contribution in [-0.4, -0.2) is 61.9 Å². The maximum absolute atomic E-state index is 10.2. The number of rotatable bonds is 7. The highest BCUT2D eigenvalue weighted by Gasteiger charge is 2.08. The van der Waals surface area contributed by atoms with Crippen molar-refractivity contribution in [2.75, 3.05) is 45.9 Å². The van der Waals surface area contributed by atoms with E-state index in [9.17, 15) is 4.79 Å². The molecule has 0 amide bonds. The largest absolute Gasteiger partial charge is 0.481 e. The summed E-state index contributed by atoms with van der Waals surface area (Å²) in [4.78, 5) is 12.6. The molecule has 2 N–H and O–H groups in total. The first-order valence-corrected chi connectivity index (χ1v) is 5.51. The van der Waals surface area contributed by atoms with Gasteiger partial charge in [0.25, 0.3) is 0 Å². The number of carbonyl (C=O) groups is 1. The first-order valence-electron chi connectivity index (χ1n) is 5.51. The summed E-state index contributed by atoms with van der Waals surface area (Å²) >= 11 is 0. The van der Waals surface area contributed by atoms with Crippen LogP contribution in [-0.2, 0) is 9.53 Å². The fourth-order valence-electron chi connectivity index (χ4n) is 1.55. The Labute approximate surface area is 90.4 Å². The number of nitrogens with one attached hydrogen (secondary N) is 1. The molecule has 0 aromatic carbocycles. The van der Waals surface area contributed by atoms with E-state index in [2.05, 4.69) is 10.2 Å². The first-order chi connectivity index (χ1) is 7.29. The summed E-state index contributed by atoms with van der Waals surface area (Å²) in [5, 5.41) is 11.7. The molecule has 0 saturated carbocycles. The van der Waals surface area contributed by atoms with Gasteiger partial charge in [-0.3, -0.25) is 9.69 Å². The first kappa shape index (κ1) is 12.4. The molecule has 1 fully saturated rings. The zero-order valence-electron chi connectivity index (χ0n) is 9.07. The molecule has 1 aliphatic heterocycles. The minimum atomic E-state index is -0.718. The molecule has 0 atom stereocenters. The molecule has 0 radical (unpaired) electrons. The van der Waals surface area contributed by atoms with Crippen LogP contribution in [0.15, 0.2) is 0 Å². The van der Waals surface area contributed by atoms with E-state index >= 15 is 0 Å². The zero-order chi connectivity index (χ0) is 10.9. The number of hydrogen-bond donors (Lipinski definition) is 2. The maximum atomic E-state index is 10.2. The molecule has 15 heavy (non-hydrogen) atoms. The molecule has 0 unspecified atom stereocenters. The highest BCUT2D eigenvalue weighted by Crippen LogP contribution is 1.94. The minimum Gasteiger partial charge on any atom is -0.481 e. The molecule has 0 aliphatic carbocycles. The van der Waals surface area contributed by atoms with Gasteiger partial charge in [0.1, 0.15) is 0 Å². The second kappa shape index (κ2) is 7.62. The second-order valence-electron chi connectivity index (χ2n) is 3.70. The number of hydrogen-bond acceptors (Lipinski definition) is 4. The Balaban J connectivity index is 1.85. The van der Waals surface area contributed by atoms with Gasteiger partial charge in [0.15, 0.2) is 0 Å². The number of carboxylic acids is 1. The number of nitrogens with zero attached hydrogens (tertiary/aromatic N) is 1. The Kier molecular flexibility index (Phi) is 6.31. The van der Waals surface area contributed by atoms with E-state index < -0.39 is 5.97 Å². The monoisotopic (exact) mass is 216 g/mol. The summed E-state index contributed by atoms with van der Waals surface area (Å²) in [5.74, 6) is -0.718. The van der Waals surface area contributed by atoms with Gasteiger partial charge in [-0.15, -0.1) is 0 Å². The summed E-state index contributed by atoms with van der Waals surface area (Å²) < 4.78 is 5.24. The van der Waals surface area contributed by atoms with Gasteiger partial charge in [0.2, 0.25) is 0 Å². The van der Waals surface area contributed by atoms with Crippen molar-refractivity contribution in [3.05, 3.63) is 0 Å². The van der Waals surface area contributed by atoms with Crippen molar-refractivity contribution in [3.8, 4) is 0 Å². The Morgan fingerprint density at radius 3 is 2.73 bits per heavy atom. The molecule has 1 heterocycles. The lowest BCUT2D eigenvalue weighted by Crippen LogP contribution is -2.40. The molecule has 0 spiro atoms. The third kappa shape index (κ3) is 6.43. The van der Waals surface area contributed by atoms with Gasteiger partial charge < -0.3 is 15.2 Å². The Hall–Kier alpha value is -0.650. The Morgan fingerprint density at radius 2 is 2.07 bits per heavy atom. The van der Waals surface area contributed by atoms with Crippen molar-refractivity contribution in [1.29, 1.82) is 0 Å². The van der Waals surface area contributed by atoms with Gasteiger partial charge in [-0.05, 0) is 13.0 Å². The fourth-order valence-corrected chi connectivity index (χ4v) is 1.55. The van der Waals surface area contributed by atoms with E-state index in [0.717, 1.165) is 45.9 Å². The summed E-state index contributed by atoms with van der Waals surface area (Å²) in [6, 6.07) is 0. The van der Waals surface area contributed by atoms with Crippen LogP contribution in [0.1, 0.15) is 12.8 Å². The molecule has 5 heteroatoms. The van der Waals surface area contributed by atoms with Crippen LogP contribution in [0.25, 0.3) is 0 Å². The van der Waals surface area contributed by atoms with Crippen LogP contribution in [0.5, 0.6) is 0 Å². The van der Waals surface area contributed by atoms with Gasteiger partial charge in [-0.2, -0.15) is 0 Å². The lowest BCUT2D eigenvalue weighted by molar-refractivity contribution is -0.137. The second-order valence-corrected chi connectivity index (χ2v) is 3.70. The van der Waals surface area contributed by atoms with Gasteiger partial charge >= 0.3 is 5.97 Å². The van der Waals surface area contributed by atoms with Gasteiger partial charge in [-0.25, -0.2) is 0 Å². The molecule has 1 aliphatic rings. The van der Waals surface area contributed by atoms with Crippen LogP contribution in [0.4, 0.5) is 0 Å². The summed E-state index contributed by atoms with van der Waals surface area (Å²) in [7, 11) is 0. The zero-order valence-corrected chi connectivity index (χ0v) is 9.07. The summed E-state index contributed by atoms with van der Waals surface area (Å²) in [5.41, 5.74) is 0. The molecule has 0 bridgehead atoms. The highest BCUT2D eigenvalue weighted by atomic mass is 16.5. The standard InChI is InChI=1S/C10H20N2O3/c13-10(14)2-1-3-11-4-5-12-6-8-15-9-7-12/h11H,1-9H2,(H,13,14). The van der Waals surface area contributed by atoms with E-state index in [4.69, 9.17) is 9.84 Å². The molecule has 0 aromatic heterocycles. The van der Waals surface area contributed by atoms with E-state index in [1.807, 2.05) is 0 Å². The van der Waals surface area contributed by atoms with Crippen molar-refractivity contribution in [3.63, 3.8) is 0 Å². The van der Waals surface area contributed by atoms with Crippen molar-refractivity contribution in [1.82, 2.24) is 10.2 Å². The normalized spacial score (nSPS) is 17.9. The smallest absolute Gasteiger partial charge is 0.303 e. The van der Waals surface area contributed by atoms with Crippen LogP contribution in [0.2, 0.25) is 0 Å². The van der Waals surface area contributed by atoms with Gasteiger partial charge in [-0.1, -0.05) is 0 Å². The van der Waals surface area contributed by atoms with Crippen LogP contribution in [0.3, 0.4) is 0 Å². The molecular weight excluding hydrogens is 196 g/mol. The number of aliphatic carboxylic acids is 1. The number of morpholine rings is 1. The van der Waals surface area contributed by atoms with Crippen molar-refractivity contribution in [2.24, 2.45) is 0 Å². The maximum Gasteiger partial charge on any atom is 0.303 e. The molecule has 1 saturated heterocycles. The van der Waals surface area contributed by atoms with Gasteiger partial charge in [0, 0.05) is 32.6 Å². The predicted octanol–water partition coefficient (Wildman–Crippen LogP) is -0.227. The highest BCUT2D eigenvalue weighted by molar-refractivity contribution is 5.66. The molecular formula is C10H20N2O3. The van der Waals surface area contributed by atoms with Crippen molar-refractivity contribution in [2.45, 2.75) is 12.8 Å². The average Bonchev–Trinajstić information content (AvgIpc) is 2.24. The molecule has 88 valence electrons. The van der Waals surface area contributed by atoms with Crippen LogP contribution in [0, 0.1) is 0 Å². The van der Waals surface area contributed by atoms with E-state index in [-0.39, 0.29) is 6.42 Å². The van der Waals surface area contributed by atoms with Crippen molar-refractivity contribution >= 4 is 5.97 Å². The Morgan fingerprint density at radius 1 is 1.33 bits per heavy atom.